The summed E-state index contributed by atoms with van der Waals surface area (Å²) in [6.07, 6.45) is 0. The number of nitrogens with one attached hydrogen (secondary N) is 1. The van der Waals surface area contributed by atoms with E-state index in [1.807, 2.05) is 12.1 Å². The van der Waals surface area contributed by atoms with Gasteiger partial charge in [0.1, 0.15) is 9.96 Å². The summed E-state index contributed by atoms with van der Waals surface area (Å²) in [5.41, 5.74) is 1.42. The molecule has 1 aromatic carbocycles. The number of rotatable bonds is 4. The maximum Gasteiger partial charge on any atom is 0.271 e. The van der Waals surface area contributed by atoms with Crippen LogP contribution in [0.25, 0.3) is 0 Å². The molecule has 0 aliphatic rings. The van der Waals surface area contributed by atoms with Gasteiger partial charge < -0.3 is 4.74 Å². The summed E-state index contributed by atoms with van der Waals surface area (Å²) in [4.78, 5) is 0. The summed E-state index contributed by atoms with van der Waals surface area (Å²) >= 11 is 1.18. The van der Waals surface area contributed by atoms with Crippen LogP contribution in [-0.2, 0) is 15.4 Å². The highest BCUT2D eigenvalue weighted by Gasteiger charge is 2.20. The van der Waals surface area contributed by atoms with Crippen LogP contribution >= 0.6 is 11.3 Å². The van der Waals surface area contributed by atoms with Crippen LogP contribution in [0.3, 0.4) is 0 Å². The predicted molar refractivity (Wildman–Crippen MR) is 86.8 cm³/mol. The van der Waals surface area contributed by atoms with Crippen molar-refractivity contribution in [2.75, 3.05) is 11.8 Å². The zero-order chi connectivity index (χ0) is 15.7. The molecule has 4 nitrogen and oxygen atoms in total. The molecule has 2 aromatic rings. The molecule has 21 heavy (non-hydrogen) atoms. The first kappa shape index (κ1) is 15.9. The van der Waals surface area contributed by atoms with E-state index in [4.69, 9.17) is 4.74 Å². The van der Waals surface area contributed by atoms with E-state index in [-0.39, 0.29) is 9.62 Å². The Morgan fingerprint density at radius 2 is 1.90 bits per heavy atom. The highest BCUT2D eigenvalue weighted by molar-refractivity contribution is 7.94. The molecule has 6 heteroatoms. The molecule has 0 atom stereocenters. The van der Waals surface area contributed by atoms with Gasteiger partial charge in [-0.15, -0.1) is 11.3 Å². The van der Waals surface area contributed by atoms with Crippen molar-refractivity contribution in [2.45, 2.75) is 30.4 Å². The molecule has 0 fully saturated rings. The Morgan fingerprint density at radius 3 is 2.43 bits per heavy atom. The van der Waals surface area contributed by atoms with Gasteiger partial charge in [-0.3, -0.25) is 4.72 Å². The summed E-state index contributed by atoms with van der Waals surface area (Å²) in [7, 11) is -2.05. The second-order valence-electron chi connectivity index (χ2n) is 5.70. The molecule has 0 spiro atoms. The molecule has 1 aromatic heterocycles. The fraction of sp³-hybridized carbons (Fsp3) is 0.333. The molecule has 0 amide bonds. The molecular weight excluding hydrogens is 306 g/mol. The van der Waals surface area contributed by atoms with Gasteiger partial charge in [0.2, 0.25) is 0 Å². The normalized spacial score (nSPS) is 12.2. The summed E-state index contributed by atoms with van der Waals surface area (Å²) in [5.74, 6) is 0.503. The van der Waals surface area contributed by atoms with E-state index in [0.29, 0.717) is 11.4 Å². The molecule has 0 unspecified atom stereocenters. The Balaban J connectivity index is 2.43. The minimum atomic E-state index is -3.58. The van der Waals surface area contributed by atoms with Crippen LogP contribution in [0, 0.1) is 0 Å². The van der Waals surface area contributed by atoms with Crippen molar-refractivity contribution >= 4 is 27.0 Å². The molecule has 0 radical (unpaired) electrons. The number of hydrogen-bond acceptors (Lipinski definition) is 4. The highest BCUT2D eigenvalue weighted by Crippen LogP contribution is 2.33. The van der Waals surface area contributed by atoms with Gasteiger partial charge in [0.25, 0.3) is 10.0 Å². The fourth-order valence-corrected chi connectivity index (χ4v) is 3.92. The Labute approximate surface area is 129 Å². The van der Waals surface area contributed by atoms with Crippen LogP contribution in [0.5, 0.6) is 5.75 Å². The van der Waals surface area contributed by atoms with Crippen LogP contribution in [0.15, 0.2) is 39.9 Å². The first-order chi connectivity index (χ1) is 9.74. The van der Waals surface area contributed by atoms with Crippen molar-refractivity contribution in [1.29, 1.82) is 0 Å². The molecule has 1 N–H and O–H groups in total. The first-order valence-corrected chi connectivity index (χ1v) is 8.85. The summed E-state index contributed by atoms with van der Waals surface area (Å²) < 4.78 is 32.8. The Hall–Kier alpha value is -1.53. The molecule has 114 valence electrons. The predicted octanol–water partition coefficient (Wildman–Crippen LogP) is 3.86. The number of thiophene rings is 1. The van der Waals surface area contributed by atoms with Gasteiger partial charge in [0.05, 0.1) is 12.8 Å². The molecule has 2 rings (SSSR count). The summed E-state index contributed by atoms with van der Waals surface area (Å²) in [6.45, 7) is 6.23. The van der Waals surface area contributed by atoms with Gasteiger partial charge in [0.15, 0.2) is 0 Å². The van der Waals surface area contributed by atoms with Gasteiger partial charge in [-0.2, -0.15) is 0 Å². The van der Waals surface area contributed by atoms with Crippen LogP contribution in [0.1, 0.15) is 26.3 Å². The van der Waals surface area contributed by atoms with Gasteiger partial charge in [-0.05, 0) is 34.6 Å². The van der Waals surface area contributed by atoms with Gasteiger partial charge >= 0.3 is 0 Å². The number of methoxy groups -OCH3 is 1. The zero-order valence-electron chi connectivity index (χ0n) is 12.5. The highest BCUT2D eigenvalue weighted by atomic mass is 32.2. The van der Waals surface area contributed by atoms with Crippen LogP contribution in [0.4, 0.5) is 5.69 Å². The van der Waals surface area contributed by atoms with Gasteiger partial charge in [-0.25, -0.2) is 8.42 Å². The van der Waals surface area contributed by atoms with Crippen molar-refractivity contribution < 1.29 is 13.2 Å². The van der Waals surface area contributed by atoms with E-state index in [9.17, 15) is 8.42 Å². The van der Waals surface area contributed by atoms with Crippen molar-refractivity contribution in [3.8, 4) is 5.75 Å². The average Bonchev–Trinajstić information content (AvgIpc) is 2.91. The summed E-state index contributed by atoms with van der Waals surface area (Å²) in [5, 5.41) is 1.73. The number of hydrogen-bond donors (Lipinski definition) is 1. The van der Waals surface area contributed by atoms with E-state index in [2.05, 4.69) is 25.5 Å². The Bertz CT molecular complexity index is 714. The van der Waals surface area contributed by atoms with E-state index in [1.54, 1.807) is 23.6 Å². The molecule has 0 aliphatic carbocycles. The lowest BCUT2D eigenvalue weighted by atomic mass is 9.87. The topological polar surface area (TPSA) is 55.4 Å². The van der Waals surface area contributed by atoms with Crippen molar-refractivity contribution in [3.63, 3.8) is 0 Å². The van der Waals surface area contributed by atoms with E-state index in [0.717, 1.165) is 5.56 Å². The molecule has 0 saturated heterocycles. The maximum absolute atomic E-state index is 12.3. The first-order valence-electron chi connectivity index (χ1n) is 6.49. The third kappa shape index (κ3) is 3.57. The monoisotopic (exact) mass is 325 g/mol. The minimum Gasteiger partial charge on any atom is -0.495 e. The number of benzene rings is 1. The lowest BCUT2D eigenvalue weighted by molar-refractivity contribution is 0.416. The molecule has 1 heterocycles. The number of sulfonamides is 1. The molecule has 0 saturated carbocycles. The maximum atomic E-state index is 12.3. The van der Waals surface area contributed by atoms with Crippen molar-refractivity contribution in [3.05, 3.63) is 41.3 Å². The lowest BCUT2D eigenvalue weighted by Crippen LogP contribution is -2.15. The van der Waals surface area contributed by atoms with Crippen LogP contribution in [0.2, 0.25) is 0 Å². The molecule has 0 bridgehead atoms. The SMILES string of the molecule is COc1ccc(C(C)(C)C)cc1NS(=O)(=O)c1cccs1. The average molecular weight is 325 g/mol. The van der Waals surface area contributed by atoms with Gasteiger partial charge in [0, 0.05) is 0 Å². The quantitative estimate of drug-likeness (QED) is 0.929. The smallest absolute Gasteiger partial charge is 0.271 e. The third-order valence-electron chi connectivity index (χ3n) is 3.07. The van der Waals surface area contributed by atoms with Crippen molar-refractivity contribution in [2.24, 2.45) is 0 Å². The Kier molecular flexibility index (Phi) is 4.30. The fourth-order valence-electron chi connectivity index (χ4n) is 1.87. The largest absolute Gasteiger partial charge is 0.495 e. The minimum absolute atomic E-state index is 0.0740. The molecular formula is C15H19NO3S2. The van der Waals surface area contributed by atoms with E-state index in [1.165, 1.54) is 18.4 Å². The standard InChI is InChI=1S/C15H19NO3S2/c1-15(2,3)11-7-8-13(19-4)12(10-11)16-21(17,18)14-6-5-9-20-14/h5-10,16H,1-4H3. The van der Waals surface area contributed by atoms with E-state index < -0.39 is 10.0 Å². The number of anilines is 1. The van der Waals surface area contributed by atoms with Crippen LogP contribution < -0.4 is 9.46 Å². The van der Waals surface area contributed by atoms with Crippen LogP contribution in [-0.4, -0.2) is 15.5 Å². The Morgan fingerprint density at radius 1 is 1.19 bits per heavy atom. The second-order valence-corrected chi connectivity index (χ2v) is 8.56. The summed E-state index contributed by atoms with van der Waals surface area (Å²) in [6, 6.07) is 8.84. The molecule has 0 aliphatic heterocycles. The zero-order valence-corrected chi connectivity index (χ0v) is 14.1. The van der Waals surface area contributed by atoms with E-state index >= 15 is 0 Å². The lowest BCUT2D eigenvalue weighted by Gasteiger charge is -2.21. The second kappa shape index (κ2) is 5.69. The van der Waals surface area contributed by atoms with Gasteiger partial charge in [-0.1, -0.05) is 32.9 Å². The van der Waals surface area contributed by atoms with Crippen molar-refractivity contribution in [1.82, 2.24) is 0 Å². The number of ether oxygens (including phenoxy) is 1. The third-order valence-corrected chi connectivity index (χ3v) is 5.83.